The molecule has 23 heavy (non-hydrogen) atoms. The van der Waals surface area contributed by atoms with Gasteiger partial charge in [0.2, 0.25) is 5.88 Å². The maximum absolute atomic E-state index is 12.1. The van der Waals surface area contributed by atoms with Crippen LogP contribution in [0.5, 0.6) is 5.88 Å². The van der Waals surface area contributed by atoms with E-state index in [2.05, 4.69) is 10.3 Å². The average molecular weight is 342 g/mol. The van der Waals surface area contributed by atoms with Crippen LogP contribution in [-0.2, 0) is 0 Å². The fourth-order valence-corrected chi connectivity index (χ4v) is 2.74. The quantitative estimate of drug-likeness (QED) is 0.744. The van der Waals surface area contributed by atoms with Crippen molar-refractivity contribution in [2.24, 2.45) is 11.5 Å². The highest BCUT2D eigenvalue weighted by atomic mass is 32.1. The van der Waals surface area contributed by atoms with E-state index in [0.29, 0.717) is 10.4 Å². The topological polar surface area (TPSA) is 120 Å². The Morgan fingerprint density at radius 3 is 2.61 bits per heavy atom. The van der Waals surface area contributed by atoms with Crippen LogP contribution in [0.3, 0.4) is 0 Å². The maximum atomic E-state index is 12.1. The number of primary amides is 2. The van der Waals surface area contributed by atoms with Crippen LogP contribution in [-0.4, -0.2) is 30.0 Å². The second-order valence-electron chi connectivity index (χ2n) is 4.29. The number of hydrogen-bond acceptors (Lipinski definition) is 5. The van der Waals surface area contributed by atoms with Gasteiger partial charge in [0, 0.05) is 22.7 Å². The van der Waals surface area contributed by atoms with Crippen molar-refractivity contribution in [2.75, 3.05) is 11.9 Å². The molecule has 2 rings (SSSR count). The third-order valence-electron chi connectivity index (χ3n) is 2.61. The lowest BCUT2D eigenvalue weighted by molar-refractivity contribution is 0.0796. The van der Waals surface area contributed by atoms with Crippen molar-refractivity contribution in [2.45, 2.75) is 6.43 Å². The number of nitrogens with one attached hydrogen (secondary N) is 1. The monoisotopic (exact) mass is 342 g/mol. The van der Waals surface area contributed by atoms with E-state index in [1.165, 1.54) is 18.3 Å². The average Bonchev–Trinajstić information content (AvgIpc) is 2.89. The Bertz CT molecular complexity index is 719. The summed E-state index contributed by atoms with van der Waals surface area (Å²) in [6.07, 6.45) is -1.19. The van der Waals surface area contributed by atoms with Gasteiger partial charge in [-0.25, -0.2) is 18.6 Å². The first kappa shape index (κ1) is 16.6. The highest BCUT2D eigenvalue weighted by Gasteiger charge is 2.16. The third-order valence-corrected chi connectivity index (χ3v) is 3.71. The Morgan fingerprint density at radius 1 is 1.35 bits per heavy atom. The first-order valence-electron chi connectivity index (χ1n) is 6.24. The summed E-state index contributed by atoms with van der Waals surface area (Å²) in [5.41, 5.74) is 11.0. The zero-order valence-corrected chi connectivity index (χ0v) is 12.4. The molecule has 0 saturated carbocycles. The van der Waals surface area contributed by atoms with Crippen molar-refractivity contribution < 1.29 is 23.1 Å². The van der Waals surface area contributed by atoms with Crippen molar-refractivity contribution in [1.29, 1.82) is 0 Å². The van der Waals surface area contributed by atoms with Gasteiger partial charge in [0.1, 0.15) is 5.00 Å². The number of rotatable bonds is 6. The molecule has 0 aliphatic heterocycles. The van der Waals surface area contributed by atoms with Crippen LogP contribution < -0.4 is 21.5 Å². The number of nitrogens with zero attached hydrogens (tertiary/aromatic N) is 1. The minimum atomic E-state index is -2.59. The maximum Gasteiger partial charge on any atom is 0.317 e. The first-order chi connectivity index (χ1) is 10.9. The van der Waals surface area contributed by atoms with E-state index in [4.69, 9.17) is 16.2 Å². The highest BCUT2D eigenvalue weighted by Crippen LogP contribution is 2.35. The van der Waals surface area contributed by atoms with Crippen LogP contribution in [0.15, 0.2) is 24.4 Å². The lowest BCUT2D eigenvalue weighted by Gasteiger charge is -2.04. The van der Waals surface area contributed by atoms with Gasteiger partial charge >= 0.3 is 6.03 Å². The molecular weight excluding hydrogens is 330 g/mol. The van der Waals surface area contributed by atoms with Gasteiger partial charge in [0.05, 0.1) is 5.56 Å². The van der Waals surface area contributed by atoms with Crippen molar-refractivity contribution in [1.82, 2.24) is 4.98 Å². The number of thiophene rings is 1. The predicted octanol–water partition coefficient (Wildman–Crippen LogP) is 2.04. The number of pyridine rings is 1. The summed E-state index contributed by atoms with van der Waals surface area (Å²) in [5.74, 6) is -0.669. The molecule has 0 saturated heterocycles. The summed E-state index contributed by atoms with van der Waals surface area (Å²) in [5, 5.41) is 2.54. The molecule has 0 spiro atoms. The molecular formula is C13H12F2N4O3S. The molecule has 5 N–H and O–H groups in total. The number of alkyl halides is 2. The lowest BCUT2D eigenvalue weighted by atomic mass is 10.2. The Kier molecular flexibility index (Phi) is 5.06. The SMILES string of the molecule is NC(=O)Nc1sc(-c2ccc(OCC(F)F)nc2)cc1C(N)=O. The van der Waals surface area contributed by atoms with Gasteiger partial charge in [0.15, 0.2) is 6.61 Å². The summed E-state index contributed by atoms with van der Waals surface area (Å²) in [6, 6.07) is 3.66. The zero-order valence-electron chi connectivity index (χ0n) is 11.6. The normalized spacial score (nSPS) is 10.6. The molecule has 0 fully saturated rings. The molecule has 0 aliphatic rings. The van der Waals surface area contributed by atoms with Gasteiger partial charge in [0.25, 0.3) is 12.3 Å². The standard InChI is InChI=1S/C13H12F2N4O3S/c14-9(15)5-22-10-2-1-6(4-18-10)8-3-7(11(16)20)12(23-8)19-13(17)21/h1-4,9H,5H2,(H2,16,20)(H3,17,19,21). The number of ether oxygens (including phenoxy) is 1. The van der Waals surface area contributed by atoms with Crippen molar-refractivity contribution in [3.8, 4) is 16.3 Å². The van der Waals surface area contributed by atoms with E-state index < -0.39 is 25.0 Å². The van der Waals surface area contributed by atoms with E-state index in [0.717, 1.165) is 11.3 Å². The van der Waals surface area contributed by atoms with Crippen LogP contribution in [0.25, 0.3) is 10.4 Å². The van der Waals surface area contributed by atoms with E-state index in [1.54, 1.807) is 6.07 Å². The number of anilines is 1. The summed E-state index contributed by atoms with van der Waals surface area (Å²) in [4.78, 5) is 26.8. The predicted molar refractivity (Wildman–Crippen MR) is 80.8 cm³/mol. The van der Waals surface area contributed by atoms with Gasteiger partial charge in [-0.2, -0.15) is 0 Å². The molecule has 3 amide bonds. The van der Waals surface area contributed by atoms with E-state index >= 15 is 0 Å². The van der Waals surface area contributed by atoms with Crippen LogP contribution >= 0.6 is 11.3 Å². The molecule has 0 bridgehead atoms. The highest BCUT2D eigenvalue weighted by molar-refractivity contribution is 7.20. The van der Waals surface area contributed by atoms with Crippen molar-refractivity contribution >= 4 is 28.3 Å². The molecule has 0 aliphatic carbocycles. The molecule has 2 heterocycles. The fraction of sp³-hybridized carbons (Fsp3) is 0.154. The van der Waals surface area contributed by atoms with Crippen LogP contribution in [0.1, 0.15) is 10.4 Å². The molecule has 0 aromatic carbocycles. The number of urea groups is 1. The summed E-state index contributed by atoms with van der Waals surface area (Å²) >= 11 is 1.08. The zero-order chi connectivity index (χ0) is 17.0. The molecule has 122 valence electrons. The largest absolute Gasteiger partial charge is 0.472 e. The van der Waals surface area contributed by atoms with E-state index in [1.807, 2.05) is 0 Å². The number of amides is 3. The second kappa shape index (κ2) is 7.01. The Labute approximate surface area is 133 Å². The number of hydrogen-bond donors (Lipinski definition) is 3. The fourth-order valence-electron chi connectivity index (χ4n) is 1.68. The van der Waals surface area contributed by atoms with Gasteiger partial charge in [-0.15, -0.1) is 11.3 Å². The van der Waals surface area contributed by atoms with Crippen LogP contribution in [0, 0.1) is 0 Å². The van der Waals surface area contributed by atoms with E-state index in [9.17, 15) is 18.4 Å². The third kappa shape index (κ3) is 4.36. The molecule has 10 heteroatoms. The smallest absolute Gasteiger partial charge is 0.317 e. The minimum absolute atomic E-state index is 0.0521. The van der Waals surface area contributed by atoms with E-state index in [-0.39, 0.29) is 16.4 Å². The van der Waals surface area contributed by atoms with Crippen LogP contribution in [0.4, 0.5) is 18.6 Å². The van der Waals surface area contributed by atoms with Gasteiger partial charge in [-0.1, -0.05) is 0 Å². The Balaban J connectivity index is 2.24. The number of halogens is 2. The molecule has 2 aromatic heterocycles. The number of carbonyl (C=O) groups excluding carboxylic acids is 2. The number of aromatic nitrogens is 1. The van der Waals surface area contributed by atoms with Crippen molar-refractivity contribution in [3.63, 3.8) is 0 Å². The summed E-state index contributed by atoms with van der Waals surface area (Å²) in [7, 11) is 0. The first-order valence-corrected chi connectivity index (χ1v) is 7.06. The molecule has 0 radical (unpaired) electrons. The summed E-state index contributed by atoms with van der Waals surface area (Å²) in [6.45, 7) is -0.746. The van der Waals surface area contributed by atoms with Crippen LogP contribution in [0.2, 0.25) is 0 Å². The summed E-state index contributed by atoms with van der Waals surface area (Å²) < 4.78 is 28.9. The Hall–Kier alpha value is -2.75. The van der Waals surface area contributed by atoms with Gasteiger partial charge in [-0.3, -0.25) is 10.1 Å². The van der Waals surface area contributed by atoms with Gasteiger partial charge < -0.3 is 16.2 Å². The minimum Gasteiger partial charge on any atom is -0.472 e. The van der Waals surface area contributed by atoms with Crippen molar-refractivity contribution in [3.05, 3.63) is 30.0 Å². The molecule has 2 aromatic rings. The lowest BCUT2D eigenvalue weighted by Crippen LogP contribution is -2.21. The molecule has 0 atom stereocenters. The molecule has 7 nitrogen and oxygen atoms in total. The number of carbonyl (C=O) groups is 2. The number of nitrogens with two attached hydrogens (primary N) is 2. The second-order valence-corrected chi connectivity index (χ2v) is 5.35. The molecule has 0 unspecified atom stereocenters. The Morgan fingerprint density at radius 2 is 2.09 bits per heavy atom. The van der Waals surface area contributed by atoms with Gasteiger partial charge in [-0.05, 0) is 12.1 Å².